The van der Waals surface area contributed by atoms with Crippen LogP contribution in [0.15, 0.2) is 48.5 Å². The zero-order valence-corrected chi connectivity index (χ0v) is 17.1. The fourth-order valence-corrected chi connectivity index (χ4v) is 2.52. The van der Waals surface area contributed by atoms with Gasteiger partial charge in [0, 0.05) is 48.4 Å². The first-order chi connectivity index (χ1) is 14.4. The van der Waals surface area contributed by atoms with Gasteiger partial charge in [0.15, 0.2) is 0 Å². The lowest BCUT2D eigenvalue weighted by Gasteiger charge is -2.10. The van der Waals surface area contributed by atoms with E-state index < -0.39 is 0 Å². The summed E-state index contributed by atoms with van der Waals surface area (Å²) in [5.74, 6) is -0.858. The molecule has 30 heavy (non-hydrogen) atoms. The van der Waals surface area contributed by atoms with E-state index in [4.69, 9.17) is 0 Å². The lowest BCUT2D eigenvalue weighted by molar-refractivity contribution is -0.121. The van der Waals surface area contributed by atoms with Crippen molar-refractivity contribution in [2.45, 2.75) is 39.5 Å². The van der Waals surface area contributed by atoms with Crippen LogP contribution in [0, 0.1) is 0 Å². The average molecular weight is 410 g/mol. The lowest BCUT2D eigenvalue weighted by Crippen LogP contribution is -2.17. The fraction of sp³-hybridized carbons (Fsp3) is 0.273. The number of amides is 4. The zero-order valence-electron chi connectivity index (χ0n) is 17.1. The summed E-state index contributed by atoms with van der Waals surface area (Å²) < 4.78 is 0. The van der Waals surface area contributed by atoms with Gasteiger partial charge >= 0.3 is 0 Å². The summed E-state index contributed by atoms with van der Waals surface area (Å²) in [5, 5.41) is 10.9. The van der Waals surface area contributed by atoms with Crippen LogP contribution in [0.5, 0.6) is 0 Å². The van der Waals surface area contributed by atoms with Crippen molar-refractivity contribution in [1.82, 2.24) is 0 Å². The number of hydrogen-bond donors (Lipinski definition) is 4. The van der Waals surface area contributed by atoms with Gasteiger partial charge < -0.3 is 21.3 Å². The van der Waals surface area contributed by atoms with Crippen molar-refractivity contribution in [2.75, 3.05) is 21.3 Å². The standard InChI is InChI=1S/C22H26N4O4/c1-3-19(27)23-15-7-5-9-17(13-15)25-21(29)11-12-22(30)26-18-10-6-8-16(14-18)24-20(28)4-2/h5-10,13-14H,3-4,11-12H2,1-2H3,(H,23,27)(H,24,28)(H,25,29)(H,26,30). The van der Waals surface area contributed by atoms with Gasteiger partial charge in [-0.15, -0.1) is 0 Å². The molecule has 0 saturated carbocycles. The molecule has 2 rings (SSSR count). The highest BCUT2D eigenvalue weighted by atomic mass is 16.2. The molecule has 2 aromatic carbocycles. The third kappa shape index (κ3) is 7.75. The largest absolute Gasteiger partial charge is 0.326 e. The molecule has 0 saturated heterocycles. The minimum atomic E-state index is -0.312. The Morgan fingerprint density at radius 3 is 1.17 bits per heavy atom. The predicted molar refractivity (Wildman–Crippen MR) is 117 cm³/mol. The van der Waals surface area contributed by atoms with E-state index in [-0.39, 0.29) is 36.5 Å². The normalized spacial score (nSPS) is 10.1. The number of carbonyl (C=O) groups excluding carboxylic acids is 4. The summed E-state index contributed by atoms with van der Waals surface area (Å²) in [4.78, 5) is 47.2. The van der Waals surface area contributed by atoms with Gasteiger partial charge in [0.1, 0.15) is 0 Å². The number of anilines is 4. The van der Waals surface area contributed by atoms with Gasteiger partial charge in [-0.2, -0.15) is 0 Å². The molecule has 0 fully saturated rings. The van der Waals surface area contributed by atoms with Crippen LogP contribution in [0.4, 0.5) is 22.7 Å². The van der Waals surface area contributed by atoms with Gasteiger partial charge in [0.05, 0.1) is 0 Å². The van der Waals surface area contributed by atoms with Crippen LogP contribution in [0.1, 0.15) is 39.5 Å². The number of carbonyl (C=O) groups is 4. The van der Waals surface area contributed by atoms with Crippen molar-refractivity contribution < 1.29 is 19.2 Å². The smallest absolute Gasteiger partial charge is 0.224 e. The molecule has 0 heterocycles. The van der Waals surface area contributed by atoms with Crippen LogP contribution in [0.25, 0.3) is 0 Å². The Hall–Kier alpha value is -3.68. The van der Waals surface area contributed by atoms with E-state index >= 15 is 0 Å². The van der Waals surface area contributed by atoms with Gasteiger partial charge in [-0.25, -0.2) is 0 Å². The van der Waals surface area contributed by atoms with Crippen LogP contribution >= 0.6 is 0 Å². The van der Waals surface area contributed by atoms with E-state index in [1.165, 1.54) is 0 Å². The molecule has 4 amide bonds. The molecular formula is C22H26N4O4. The van der Waals surface area contributed by atoms with Crippen molar-refractivity contribution in [3.8, 4) is 0 Å². The second-order valence-electron chi connectivity index (χ2n) is 6.56. The summed E-state index contributed by atoms with van der Waals surface area (Å²) in [6.45, 7) is 3.51. The topological polar surface area (TPSA) is 116 Å². The van der Waals surface area contributed by atoms with Crippen LogP contribution < -0.4 is 21.3 Å². The van der Waals surface area contributed by atoms with E-state index in [2.05, 4.69) is 21.3 Å². The Morgan fingerprint density at radius 1 is 0.567 bits per heavy atom. The number of benzene rings is 2. The molecule has 8 nitrogen and oxygen atoms in total. The molecule has 0 aliphatic heterocycles. The van der Waals surface area contributed by atoms with Gasteiger partial charge in [-0.3, -0.25) is 19.2 Å². The Bertz CT molecular complexity index is 851. The molecule has 0 aliphatic rings. The summed E-state index contributed by atoms with van der Waals surface area (Å²) >= 11 is 0. The summed E-state index contributed by atoms with van der Waals surface area (Å²) in [5.41, 5.74) is 2.25. The van der Waals surface area contributed by atoms with E-state index in [1.807, 2.05) is 0 Å². The first-order valence-corrected chi connectivity index (χ1v) is 9.79. The molecule has 0 spiro atoms. The van der Waals surface area contributed by atoms with Crippen LogP contribution in [-0.2, 0) is 19.2 Å². The summed E-state index contributed by atoms with van der Waals surface area (Å²) in [6.07, 6.45) is 0.729. The van der Waals surface area contributed by atoms with Crippen molar-refractivity contribution in [2.24, 2.45) is 0 Å². The average Bonchev–Trinajstić information content (AvgIpc) is 2.72. The molecule has 0 aliphatic carbocycles. The maximum atomic E-state index is 12.1. The molecule has 0 unspecified atom stereocenters. The van der Waals surface area contributed by atoms with Crippen molar-refractivity contribution in [3.05, 3.63) is 48.5 Å². The number of rotatable bonds is 9. The molecule has 4 N–H and O–H groups in total. The molecule has 0 bridgehead atoms. The number of hydrogen-bond acceptors (Lipinski definition) is 4. The molecule has 0 atom stereocenters. The molecule has 2 aromatic rings. The third-order valence-corrected chi connectivity index (χ3v) is 4.08. The van der Waals surface area contributed by atoms with Gasteiger partial charge in [0.2, 0.25) is 23.6 Å². The van der Waals surface area contributed by atoms with Gasteiger partial charge in [-0.1, -0.05) is 26.0 Å². The van der Waals surface area contributed by atoms with E-state index in [9.17, 15) is 19.2 Å². The maximum Gasteiger partial charge on any atom is 0.224 e. The van der Waals surface area contributed by atoms with Crippen molar-refractivity contribution in [1.29, 1.82) is 0 Å². The molecule has 158 valence electrons. The number of nitrogens with one attached hydrogen (secondary N) is 4. The molecule has 8 heteroatoms. The Labute approximate surface area is 175 Å². The Morgan fingerprint density at radius 2 is 0.867 bits per heavy atom. The van der Waals surface area contributed by atoms with Crippen molar-refractivity contribution >= 4 is 46.4 Å². The first-order valence-electron chi connectivity index (χ1n) is 9.79. The summed E-state index contributed by atoms with van der Waals surface area (Å²) in [6, 6.07) is 13.6. The van der Waals surface area contributed by atoms with Crippen LogP contribution in [-0.4, -0.2) is 23.6 Å². The molecule has 0 aromatic heterocycles. The van der Waals surface area contributed by atoms with E-state index in [1.54, 1.807) is 62.4 Å². The Balaban J connectivity index is 1.83. The summed E-state index contributed by atoms with van der Waals surface area (Å²) in [7, 11) is 0. The SMILES string of the molecule is CCC(=O)Nc1cccc(NC(=O)CCC(=O)Nc2cccc(NC(=O)CC)c2)c1. The minimum Gasteiger partial charge on any atom is -0.326 e. The van der Waals surface area contributed by atoms with E-state index in [0.717, 1.165) is 0 Å². The first kappa shape index (κ1) is 22.6. The van der Waals surface area contributed by atoms with E-state index in [0.29, 0.717) is 35.6 Å². The highest BCUT2D eigenvalue weighted by molar-refractivity contribution is 5.98. The molecular weight excluding hydrogens is 384 g/mol. The Kier molecular flexibility index (Phi) is 8.56. The predicted octanol–water partition coefficient (Wildman–Crippen LogP) is 3.74. The maximum absolute atomic E-state index is 12.1. The highest BCUT2D eigenvalue weighted by Crippen LogP contribution is 2.17. The van der Waals surface area contributed by atoms with Crippen LogP contribution in [0.3, 0.4) is 0 Å². The highest BCUT2D eigenvalue weighted by Gasteiger charge is 2.09. The second kappa shape index (κ2) is 11.4. The molecule has 0 radical (unpaired) electrons. The second-order valence-corrected chi connectivity index (χ2v) is 6.56. The van der Waals surface area contributed by atoms with Crippen molar-refractivity contribution in [3.63, 3.8) is 0 Å². The monoisotopic (exact) mass is 410 g/mol. The fourth-order valence-electron chi connectivity index (χ4n) is 2.52. The van der Waals surface area contributed by atoms with Gasteiger partial charge in [-0.05, 0) is 36.4 Å². The van der Waals surface area contributed by atoms with Gasteiger partial charge in [0.25, 0.3) is 0 Å². The minimum absolute atomic E-state index is 0.00361. The zero-order chi connectivity index (χ0) is 21.9. The van der Waals surface area contributed by atoms with Crippen LogP contribution in [0.2, 0.25) is 0 Å². The lowest BCUT2D eigenvalue weighted by atomic mass is 10.2. The quantitative estimate of drug-likeness (QED) is 0.504. The third-order valence-electron chi connectivity index (χ3n) is 4.08.